The Morgan fingerprint density at radius 2 is 1.77 bits per heavy atom. The van der Waals surface area contributed by atoms with Gasteiger partial charge in [0.2, 0.25) is 5.71 Å². The third-order valence-electron chi connectivity index (χ3n) is 5.12. The maximum Gasteiger partial charge on any atom is 0.351 e. The number of allylic oxidation sites excluding steroid dienone is 2. The maximum atomic E-state index is 12.6. The molecular formula is C23H31N2O7P3. The van der Waals surface area contributed by atoms with E-state index in [2.05, 4.69) is 24.0 Å². The van der Waals surface area contributed by atoms with Gasteiger partial charge in [-0.25, -0.2) is 4.79 Å². The second-order valence-corrected chi connectivity index (χ2v) is 13.1. The third-order valence-corrected chi connectivity index (χ3v) is 10.1. The molecule has 0 radical (unpaired) electrons. The minimum atomic E-state index is -3.79. The van der Waals surface area contributed by atoms with Crippen molar-refractivity contribution in [3.63, 3.8) is 0 Å². The fraction of sp³-hybridized carbons (Fsp3) is 0.391. The normalized spacial score (nSPS) is 15.4. The molecule has 0 saturated carbocycles. The van der Waals surface area contributed by atoms with Gasteiger partial charge in [0.15, 0.2) is 16.1 Å². The van der Waals surface area contributed by atoms with Crippen molar-refractivity contribution in [2.75, 3.05) is 19.5 Å². The van der Waals surface area contributed by atoms with Gasteiger partial charge in [-0.2, -0.15) is 4.98 Å². The quantitative estimate of drug-likeness (QED) is 0.139. The summed E-state index contributed by atoms with van der Waals surface area (Å²) in [5.74, 6) is 0.625. The van der Waals surface area contributed by atoms with Gasteiger partial charge in [-0.3, -0.25) is 26.9 Å². The van der Waals surface area contributed by atoms with Crippen LogP contribution in [0.2, 0.25) is 0 Å². The Hall–Kier alpha value is -2.01. The highest BCUT2D eigenvalue weighted by molar-refractivity contribution is 7.66. The molecule has 35 heavy (non-hydrogen) atoms. The van der Waals surface area contributed by atoms with Crippen molar-refractivity contribution in [1.29, 1.82) is 0 Å². The van der Waals surface area contributed by atoms with Gasteiger partial charge in [-0.15, -0.1) is 0 Å². The lowest BCUT2D eigenvalue weighted by Crippen LogP contribution is -2.21. The summed E-state index contributed by atoms with van der Waals surface area (Å²) in [6.45, 7) is 4.89. The molecule has 9 nitrogen and oxygen atoms in total. The van der Waals surface area contributed by atoms with Crippen molar-refractivity contribution in [2.45, 2.75) is 39.2 Å². The fourth-order valence-corrected chi connectivity index (χ4v) is 8.14. The van der Waals surface area contributed by atoms with Crippen molar-refractivity contribution in [3.8, 4) is 11.3 Å². The lowest BCUT2D eigenvalue weighted by molar-refractivity contribution is 0.397. The molecule has 2 heterocycles. The number of hydrogen-bond acceptors (Lipinski definition) is 8. The molecule has 2 atom stereocenters. The summed E-state index contributed by atoms with van der Waals surface area (Å²) < 4.78 is 52.3. The van der Waals surface area contributed by atoms with Crippen LogP contribution in [-0.4, -0.2) is 29.0 Å². The molecule has 3 rings (SSSR count). The van der Waals surface area contributed by atoms with Crippen molar-refractivity contribution in [1.82, 2.24) is 9.55 Å². The van der Waals surface area contributed by atoms with Crippen LogP contribution in [0, 0.1) is 0 Å². The Kier molecular flexibility index (Phi) is 10.1. The van der Waals surface area contributed by atoms with Crippen molar-refractivity contribution >= 4 is 34.8 Å². The number of aromatic nitrogens is 2. The zero-order valence-electron chi connectivity index (χ0n) is 20.1. The summed E-state index contributed by atoms with van der Waals surface area (Å²) in [7, 11) is -8.89. The van der Waals surface area contributed by atoms with Crippen molar-refractivity contribution in [2.24, 2.45) is 0 Å². The predicted octanol–water partition coefficient (Wildman–Crippen LogP) is 6.38. The lowest BCUT2D eigenvalue weighted by Gasteiger charge is -2.13. The molecule has 0 aliphatic rings. The van der Waals surface area contributed by atoms with E-state index < -0.39 is 29.3 Å². The van der Waals surface area contributed by atoms with Gasteiger partial charge in [0.05, 0.1) is 11.5 Å². The molecule has 0 fully saturated rings. The van der Waals surface area contributed by atoms with E-state index in [1.165, 1.54) is 48.8 Å². The molecule has 12 heteroatoms. The van der Waals surface area contributed by atoms with E-state index in [4.69, 9.17) is 13.0 Å². The molecule has 0 aliphatic heterocycles. The molecule has 0 amide bonds. The highest BCUT2D eigenvalue weighted by Gasteiger charge is 2.26. The number of hydrogen-bond donors (Lipinski definition) is 0. The standard InChI is InChI=1S/C23H31N2O7P3/c1-4-5-6-9-18-10-12-19(13-11-18)21-16-20-17-25(23(26)24-22(20)30-21)14-7-8-15-35(29,31-33(2)27)32-34(3)28/h7-8,10-13,16-17,33-34H,4-6,9,14-15H2,1-3H3/b8-7+. The van der Waals surface area contributed by atoms with E-state index in [0.29, 0.717) is 11.1 Å². The number of unbranched alkanes of at least 4 members (excludes halogenated alkanes) is 2. The Morgan fingerprint density at radius 3 is 2.40 bits per heavy atom. The van der Waals surface area contributed by atoms with Gasteiger partial charge in [0.25, 0.3) is 0 Å². The van der Waals surface area contributed by atoms with Crippen LogP contribution >= 0.6 is 23.7 Å². The minimum Gasteiger partial charge on any atom is -0.437 e. The molecule has 1 aromatic carbocycles. The summed E-state index contributed by atoms with van der Waals surface area (Å²) in [6.07, 6.45) is 9.12. The number of nitrogens with zero attached hydrogens (tertiary/aromatic N) is 2. The zero-order valence-corrected chi connectivity index (χ0v) is 23.0. The number of rotatable bonds is 13. The van der Waals surface area contributed by atoms with Crippen LogP contribution in [0.25, 0.3) is 22.4 Å². The highest BCUT2D eigenvalue weighted by atomic mass is 31.3. The van der Waals surface area contributed by atoms with E-state index in [1.807, 2.05) is 18.2 Å². The molecule has 190 valence electrons. The first-order chi connectivity index (χ1) is 16.7. The molecule has 2 aromatic heterocycles. The molecule has 0 saturated heterocycles. The Morgan fingerprint density at radius 1 is 1.09 bits per heavy atom. The summed E-state index contributed by atoms with van der Waals surface area (Å²) >= 11 is 0. The topological polar surface area (TPSA) is 118 Å². The molecule has 0 spiro atoms. The predicted molar refractivity (Wildman–Crippen MR) is 141 cm³/mol. The first kappa shape index (κ1) is 27.6. The maximum absolute atomic E-state index is 12.6. The van der Waals surface area contributed by atoms with Gasteiger partial charge in [0.1, 0.15) is 5.76 Å². The Labute approximate surface area is 205 Å². The van der Waals surface area contributed by atoms with E-state index in [-0.39, 0.29) is 18.4 Å². The Bertz CT molecular complexity index is 1310. The lowest BCUT2D eigenvalue weighted by atomic mass is 10.0. The SMILES string of the molecule is CCCCCc1ccc(-c2cc3cn(C/C=C/CP(=O)(O[PH](C)=O)O[PH](C)=O)c(=O)nc3o2)cc1. The summed E-state index contributed by atoms with van der Waals surface area (Å²) in [5.41, 5.74) is 1.94. The monoisotopic (exact) mass is 540 g/mol. The van der Waals surface area contributed by atoms with E-state index in [1.54, 1.807) is 12.3 Å². The number of benzene rings is 1. The minimum absolute atomic E-state index is 0.150. The van der Waals surface area contributed by atoms with E-state index in [0.717, 1.165) is 12.0 Å². The van der Waals surface area contributed by atoms with Gasteiger partial charge >= 0.3 is 13.3 Å². The molecule has 0 aliphatic carbocycles. The summed E-state index contributed by atoms with van der Waals surface area (Å²) in [4.78, 5) is 16.4. The van der Waals surface area contributed by atoms with E-state index in [9.17, 15) is 18.5 Å². The van der Waals surface area contributed by atoms with Crippen LogP contribution in [0.5, 0.6) is 0 Å². The van der Waals surface area contributed by atoms with Crippen LogP contribution in [0.1, 0.15) is 31.7 Å². The second kappa shape index (κ2) is 12.8. The van der Waals surface area contributed by atoms with Crippen LogP contribution in [0.15, 0.2) is 57.9 Å². The van der Waals surface area contributed by atoms with Gasteiger partial charge < -0.3 is 4.42 Å². The smallest absolute Gasteiger partial charge is 0.351 e. The Balaban J connectivity index is 1.71. The first-order valence-electron chi connectivity index (χ1n) is 11.4. The van der Waals surface area contributed by atoms with Crippen LogP contribution in [-0.2, 0) is 35.3 Å². The highest BCUT2D eigenvalue weighted by Crippen LogP contribution is 2.59. The molecule has 2 unspecified atom stereocenters. The molecule has 0 bridgehead atoms. The third kappa shape index (κ3) is 8.27. The van der Waals surface area contributed by atoms with Crippen LogP contribution in [0.3, 0.4) is 0 Å². The number of fused-ring (bicyclic) bond motifs is 1. The van der Waals surface area contributed by atoms with Gasteiger partial charge in [0, 0.05) is 31.6 Å². The first-order valence-corrected chi connectivity index (χ1v) is 16.8. The second-order valence-electron chi connectivity index (χ2n) is 8.13. The average molecular weight is 540 g/mol. The number of aryl methyl sites for hydroxylation is 1. The van der Waals surface area contributed by atoms with Crippen LogP contribution in [0.4, 0.5) is 0 Å². The molecule has 0 N–H and O–H groups in total. The van der Waals surface area contributed by atoms with Gasteiger partial charge in [-0.1, -0.05) is 56.2 Å². The average Bonchev–Trinajstić information content (AvgIpc) is 3.19. The van der Waals surface area contributed by atoms with Crippen molar-refractivity contribution in [3.05, 3.63) is 64.7 Å². The van der Waals surface area contributed by atoms with Crippen LogP contribution < -0.4 is 5.69 Å². The number of furan rings is 1. The van der Waals surface area contributed by atoms with Gasteiger partial charge in [-0.05, 0) is 24.5 Å². The fourth-order valence-electron chi connectivity index (χ4n) is 3.51. The summed E-state index contributed by atoms with van der Waals surface area (Å²) in [6, 6.07) is 10.0. The molecule has 3 aromatic rings. The zero-order chi connectivity index (χ0) is 25.4. The van der Waals surface area contributed by atoms with Crippen molar-refractivity contribution < 1.29 is 26.7 Å². The van der Waals surface area contributed by atoms with E-state index >= 15 is 0 Å². The molecular weight excluding hydrogens is 509 g/mol. The summed E-state index contributed by atoms with van der Waals surface area (Å²) in [5, 5.41) is 0.673. The largest absolute Gasteiger partial charge is 0.437 e.